The van der Waals surface area contributed by atoms with Crippen LogP contribution in [0, 0.1) is 6.92 Å². The van der Waals surface area contributed by atoms with E-state index in [2.05, 4.69) is 22.8 Å². The van der Waals surface area contributed by atoms with Gasteiger partial charge in [0.2, 0.25) is 6.79 Å². The number of aryl methyl sites for hydroxylation is 1. The van der Waals surface area contributed by atoms with Gasteiger partial charge in [-0.2, -0.15) is 0 Å². The van der Waals surface area contributed by atoms with E-state index in [1.165, 1.54) is 5.56 Å². The Labute approximate surface area is 170 Å². The van der Waals surface area contributed by atoms with E-state index in [9.17, 15) is 4.79 Å². The highest BCUT2D eigenvalue weighted by Gasteiger charge is 2.18. The highest BCUT2D eigenvalue weighted by Crippen LogP contribution is 2.32. The first-order chi connectivity index (χ1) is 14.2. The molecule has 29 heavy (non-hydrogen) atoms. The van der Waals surface area contributed by atoms with Gasteiger partial charge in [-0.1, -0.05) is 48.5 Å². The molecule has 0 aliphatic carbocycles. The van der Waals surface area contributed by atoms with Gasteiger partial charge in [0, 0.05) is 11.7 Å². The third-order valence-corrected chi connectivity index (χ3v) is 4.86. The number of ether oxygens (including phenoxy) is 2. The molecule has 1 aliphatic heterocycles. The Balaban J connectivity index is 1.47. The zero-order chi connectivity index (χ0) is 20.1. The standard InChI is InChI=1S/C24H24N2O3/c1-17-6-5-9-20(12-17)25-24(27)26-21(13-18-7-3-2-4-8-18)14-19-10-11-22-23(15-19)29-16-28-22/h2-12,15,21H,13-14,16H2,1H3,(H2,25,26,27)/t21-/m1/s1. The van der Waals surface area contributed by atoms with Gasteiger partial charge < -0.3 is 20.1 Å². The van der Waals surface area contributed by atoms with Gasteiger partial charge in [0.1, 0.15) is 0 Å². The summed E-state index contributed by atoms with van der Waals surface area (Å²) in [5.74, 6) is 1.52. The lowest BCUT2D eigenvalue weighted by Crippen LogP contribution is -2.40. The minimum atomic E-state index is -0.211. The number of hydrogen-bond donors (Lipinski definition) is 2. The van der Waals surface area contributed by atoms with Gasteiger partial charge in [-0.25, -0.2) is 4.79 Å². The highest BCUT2D eigenvalue weighted by atomic mass is 16.7. The molecule has 0 bridgehead atoms. The molecule has 0 saturated carbocycles. The van der Waals surface area contributed by atoms with E-state index in [-0.39, 0.29) is 18.9 Å². The number of amides is 2. The van der Waals surface area contributed by atoms with Crippen LogP contribution in [0.15, 0.2) is 72.8 Å². The lowest BCUT2D eigenvalue weighted by atomic mass is 9.98. The predicted molar refractivity (Wildman–Crippen MR) is 114 cm³/mol. The number of hydrogen-bond acceptors (Lipinski definition) is 3. The summed E-state index contributed by atoms with van der Waals surface area (Å²) in [6.45, 7) is 2.25. The summed E-state index contributed by atoms with van der Waals surface area (Å²) in [4.78, 5) is 12.6. The van der Waals surface area contributed by atoms with Crippen molar-refractivity contribution >= 4 is 11.7 Å². The molecule has 5 heteroatoms. The number of fused-ring (bicyclic) bond motifs is 1. The van der Waals surface area contributed by atoms with Crippen LogP contribution in [0.5, 0.6) is 11.5 Å². The molecular weight excluding hydrogens is 364 g/mol. The van der Waals surface area contributed by atoms with Crippen LogP contribution in [-0.4, -0.2) is 18.9 Å². The Morgan fingerprint density at radius 3 is 2.52 bits per heavy atom. The monoisotopic (exact) mass is 388 g/mol. The van der Waals surface area contributed by atoms with Crippen LogP contribution in [0.2, 0.25) is 0 Å². The molecule has 0 saturated heterocycles. The Kier molecular flexibility index (Phi) is 5.66. The molecule has 4 rings (SSSR count). The maximum atomic E-state index is 12.6. The maximum absolute atomic E-state index is 12.6. The number of carbonyl (C=O) groups is 1. The molecular formula is C24H24N2O3. The molecule has 1 heterocycles. The number of urea groups is 1. The number of nitrogens with one attached hydrogen (secondary N) is 2. The summed E-state index contributed by atoms with van der Waals surface area (Å²) >= 11 is 0. The summed E-state index contributed by atoms with van der Waals surface area (Å²) in [6.07, 6.45) is 1.42. The average molecular weight is 388 g/mol. The van der Waals surface area contributed by atoms with Crippen LogP contribution in [0.3, 0.4) is 0 Å². The van der Waals surface area contributed by atoms with Crippen molar-refractivity contribution in [2.45, 2.75) is 25.8 Å². The van der Waals surface area contributed by atoms with E-state index in [0.717, 1.165) is 34.7 Å². The van der Waals surface area contributed by atoms with Gasteiger partial charge in [-0.3, -0.25) is 0 Å². The molecule has 0 radical (unpaired) electrons. The summed E-state index contributed by atoms with van der Waals surface area (Å²) in [5, 5.41) is 6.06. The fourth-order valence-corrected chi connectivity index (χ4v) is 3.50. The second kappa shape index (κ2) is 8.69. The Morgan fingerprint density at radius 2 is 1.69 bits per heavy atom. The van der Waals surface area contributed by atoms with E-state index in [1.54, 1.807) is 0 Å². The zero-order valence-corrected chi connectivity index (χ0v) is 16.4. The van der Waals surface area contributed by atoms with Crippen LogP contribution in [0.4, 0.5) is 10.5 Å². The predicted octanol–water partition coefficient (Wildman–Crippen LogP) is 4.70. The van der Waals surface area contributed by atoms with Crippen molar-refractivity contribution in [2.75, 3.05) is 12.1 Å². The van der Waals surface area contributed by atoms with E-state index < -0.39 is 0 Å². The molecule has 1 aliphatic rings. The first kappa shape index (κ1) is 18.9. The van der Waals surface area contributed by atoms with Gasteiger partial charge in [0.15, 0.2) is 11.5 Å². The normalized spacial score (nSPS) is 13.0. The molecule has 3 aromatic rings. The van der Waals surface area contributed by atoms with Crippen molar-refractivity contribution < 1.29 is 14.3 Å². The first-order valence-electron chi connectivity index (χ1n) is 9.72. The largest absolute Gasteiger partial charge is 0.454 e. The first-order valence-corrected chi connectivity index (χ1v) is 9.72. The highest BCUT2D eigenvalue weighted by molar-refractivity contribution is 5.89. The Hall–Kier alpha value is -3.47. The van der Waals surface area contributed by atoms with E-state index in [4.69, 9.17) is 9.47 Å². The quantitative estimate of drug-likeness (QED) is 0.644. The second-order valence-electron chi connectivity index (χ2n) is 7.25. The lowest BCUT2D eigenvalue weighted by Gasteiger charge is -2.20. The Bertz CT molecular complexity index is 988. The smallest absolute Gasteiger partial charge is 0.319 e. The van der Waals surface area contributed by atoms with Crippen LogP contribution in [-0.2, 0) is 12.8 Å². The van der Waals surface area contributed by atoms with E-state index in [1.807, 2.05) is 67.6 Å². The minimum absolute atomic E-state index is 0.0671. The maximum Gasteiger partial charge on any atom is 0.319 e. The zero-order valence-electron chi connectivity index (χ0n) is 16.4. The van der Waals surface area contributed by atoms with Gasteiger partial charge >= 0.3 is 6.03 Å². The number of carbonyl (C=O) groups excluding carboxylic acids is 1. The average Bonchev–Trinajstić information content (AvgIpc) is 3.16. The molecule has 5 nitrogen and oxygen atoms in total. The summed E-state index contributed by atoms with van der Waals surface area (Å²) < 4.78 is 10.9. The van der Waals surface area contributed by atoms with Crippen molar-refractivity contribution in [1.82, 2.24) is 5.32 Å². The van der Waals surface area contributed by atoms with Crippen molar-refractivity contribution in [2.24, 2.45) is 0 Å². The SMILES string of the molecule is Cc1cccc(NC(=O)N[C@H](Cc2ccccc2)Cc2ccc3c(c2)OCO3)c1. The van der Waals surface area contributed by atoms with Crippen LogP contribution >= 0.6 is 0 Å². The lowest BCUT2D eigenvalue weighted by molar-refractivity contribution is 0.174. The molecule has 1 atom stereocenters. The van der Waals surface area contributed by atoms with Gasteiger partial charge in [0.05, 0.1) is 0 Å². The topological polar surface area (TPSA) is 59.6 Å². The Morgan fingerprint density at radius 1 is 0.897 bits per heavy atom. The van der Waals surface area contributed by atoms with Gasteiger partial charge in [-0.15, -0.1) is 0 Å². The molecule has 2 amide bonds. The number of rotatable bonds is 6. The minimum Gasteiger partial charge on any atom is -0.454 e. The third kappa shape index (κ3) is 5.08. The summed E-state index contributed by atoms with van der Waals surface area (Å²) in [7, 11) is 0. The number of anilines is 1. The fraction of sp³-hybridized carbons (Fsp3) is 0.208. The molecule has 0 aromatic heterocycles. The van der Waals surface area contributed by atoms with Crippen molar-refractivity contribution in [3.8, 4) is 11.5 Å². The molecule has 2 N–H and O–H groups in total. The van der Waals surface area contributed by atoms with Gasteiger partial charge in [0.25, 0.3) is 0 Å². The third-order valence-electron chi connectivity index (χ3n) is 4.86. The van der Waals surface area contributed by atoms with E-state index in [0.29, 0.717) is 6.42 Å². The van der Waals surface area contributed by atoms with Crippen LogP contribution in [0.25, 0.3) is 0 Å². The van der Waals surface area contributed by atoms with E-state index >= 15 is 0 Å². The fourth-order valence-electron chi connectivity index (χ4n) is 3.50. The van der Waals surface area contributed by atoms with Crippen molar-refractivity contribution in [3.05, 3.63) is 89.5 Å². The molecule has 0 unspecified atom stereocenters. The van der Waals surface area contributed by atoms with Crippen molar-refractivity contribution in [3.63, 3.8) is 0 Å². The molecule has 148 valence electrons. The van der Waals surface area contributed by atoms with Crippen LogP contribution < -0.4 is 20.1 Å². The summed E-state index contributed by atoms with van der Waals surface area (Å²) in [5.41, 5.74) is 4.15. The second-order valence-corrected chi connectivity index (χ2v) is 7.25. The van der Waals surface area contributed by atoms with Crippen molar-refractivity contribution in [1.29, 1.82) is 0 Å². The molecule has 0 fully saturated rings. The van der Waals surface area contributed by atoms with Crippen LogP contribution in [0.1, 0.15) is 16.7 Å². The van der Waals surface area contributed by atoms with Gasteiger partial charge in [-0.05, 0) is 60.7 Å². The summed E-state index contributed by atoms with van der Waals surface area (Å²) in [6, 6.07) is 23.6. The number of benzene rings is 3. The molecule has 3 aromatic carbocycles. The molecule has 0 spiro atoms.